The van der Waals surface area contributed by atoms with E-state index >= 15 is 0 Å². The van der Waals surface area contributed by atoms with Crippen LogP contribution in [0.15, 0.2) is 36.5 Å². The summed E-state index contributed by atoms with van der Waals surface area (Å²) in [5.41, 5.74) is 0. The van der Waals surface area contributed by atoms with Crippen LogP contribution in [0.2, 0.25) is 0 Å². The molecule has 0 aromatic rings. The fourth-order valence-corrected chi connectivity index (χ4v) is 8.30. The van der Waals surface area contributed by atoms with Crippen LogP contribution in [-0.4, -0.2) is 57.3 Å². The molecule has 360 valence electrons. The van der Waals surface area contributed by atoms with Crippen molar-refractivity contribution >= 4 is 5.91 Å². The molecular weight excluding hydrogens is 755 g/mol. The summed E-state index contributed by atoms with van der Waals surface area (Å²) >= 11 is 0. The van der Waals surface area contributed by atoms with Crippen LogP contribution < -0.4 is 5.32 Å². The zero-order valence-corrected chi connectivity index (χ0v) is 40.7. The first-order chi connectivity index (χ1) is 30.0. The maximum Gasteiger partial charge on any atom is 0.249 e. The van der Waals surface area contributed by atoms with Crippen LogP contribution in [-0.2, 0) is 4.79 Å². The number of allylic oxidation sites excluding steroid dienone is 6. The fraction of sp³-hybridized carbons (Fsp3) is 0.873. The van der Waals surface area contributed by atoms with Crippen molar-refractivity contribution in [1.82, 2.24) is 5.32 Å². The second-order valence-electron chi connectivity index (χ2n) is 18.6. The van der Waals surface area contributed by atoms with E-state index in [4.69, 9.17) is 0 Å². The van der Waals surface area contributed by atoms with Crippen LogP contribution in [0.1, 0.15) is 277 Å². The summed E-state index contributed by atoms with van der Waals surface area (Å²) in [5, 5.41) is 43.9. The van der Waals surface area contributed by atoms with Crippen molar-refractivity contribution in [3.63, 3.8) is 0 Å². The number of hydrogen-bond acceptors (Lipinski definition) is 5. The highest BCUT2D eigenvalue weighted by Crippen LogP contribution is 2.16. The van der Waals surface area contributed by atoms with Crippen LogP contribution in [0, 0.1) is 0 Å². The van der Waals surface area contributed by atoms with Gasteiger partial charge in [-0.05, 0) is 77.0 Å². The van der Waals surface area contributed by atoms with Crippen molar-refractivity contribution in [1.29, 1.82) is 0 Å². The van der Waals surface area contributed by atoms with Gasteiger partial charge in [-0.2, -0.15) is 0 Å². The molecule has 0 heterocycles. The summed E-state index contributed by atoms with van der Waals surface area (Å²) in [6.45, 7) is 4.06. The zero-order valence-electron chi connectivity index (χ0n) is 40.7. The van der Waals surface area contributed by atoms with E-state index in [1.807, 2.05) is 0 Å². The summed E-state index contributed by atoms with van der Waals surface area (Å²) < 4.78 is 0. The summed E-state index contributed by atoms with van der Waals surface area (Å²) in [6, 6.07) is -1.01. The SMILES string of the molecule is CCCCCCCCCCCC/C=C\CCCCCCCCC(O)C(=O)NC(CO)C(O)C(O)CCC/C=C/CC/C=C/CCCCCCCCCCCCCCCCCC. The van der Waals surface area contributed by atoms with Crippen LogP contribution in [0.5, 0.6) is 0 Å². The average molecular weight is 860 g/mol. The number of rotatable bonds is 49. The first-order valence-corrected chi connectivity index (χ1v) is 26.9. The number of hydrogen-bond donors (Lipinski definition) is 5. The maximum atomic E-state index is 12.6. The summed E-state index contributed by atoms with van der Waals surface area (Å²) in [4.78, 5) is 12.6. The van der Waals surface area contributed by atoms with E-state index in [0.29, 0.717) is 19.3 Å². The highest BCUT2D eigenvalue weighted by molar-refractivity contribution is 5.80. The molecule has 61 heavy (non-hydrogen) atoms. The minimum Gasteiger partial charge on any atom is -0.394 e. The number of carbonyl (C=O) groups excluding carboxylic acids is 1. The van der Waals surface area contributed by atoms with Gasteiger partial charge in [-0.1, -0.05) is 237 Å². The van der Waals surface area contributed by atoms with Crippen molar-refractivity contribution in [2.24, 2.45) is 0 Å². The Morgan fingerprint density at radius 3 is 1.03 bits per heavy atom. The molecule has 0 aliphatic heterocycles. The normalized spacial score (nSPS) is 14.1. The van der Waals surface area contributed by atoms with E-state index in [0.717, 1.165) is 51.4 Å². The second kappa shape index (κ2) is 49.5. The Hall–Kier alpha value is -1.47. The molecule has 0 aliphatic carbocycles. The van der Waals surface area contributed by atoms with Gasteiger partial charge >= 0.3 is 0 Å². The van der Waals surface area contributed by atoms with Gasteiger partial charge in [0, 0.05) is 0 Å². The van der Waals surface area contributed by atoms with Gasteiger partial charge in [0.1, 0.15) is 12.2 Å². The number of carbonyl (C=O) groups is 1. The topological polar surface area (TPSA) is 110 Å². The highest BCUT2D eigenvalue weighted by Gasteiger charge is 2.28. The number of amides is 1. The van der Waals surface area contributed by atoms with Gasteiger partial charge in [-0.15, -0.1) is 0 Å². The Balaban J connectivity index is 3.72. The average Bonchev–Trinajstić information content (AvgIpc) is 3.26. The van der Waals surface area contributed by atoms with Gasteiger partial charge in [-0.3, -0.25) is 4.79 Å². The second-order valence-corrected chi connectivity index (χ2v) is 18.6. The molecule has 0 saturated carbocycles. The molecule has 0 aromatic carbocycles. The molecule has 6 heteroatoms. The third kappa shape index (κ3) is 43.6. The lowest BCUT2D eigenvalue weighted by Crippen LogP contribution is -2.53. The van der Waals surface area contributed by atoms with E-state index in [-0.39, 0.29) is 0 Å². The van der Waals surface area contributed by atoms with E-state index in [1.165, 1.54) is 193 Å². The summed E-state index contributed by atoms with van der Waals surface area (Å²) in [7, 11) is 0. The smallest absolute Gasteiger partial charge is 0.249 e. The lowest BCUT2D eigenvalue weighted by Gasteiger charge is -2.27. The highest BCUT2D eigenvalue weighted by atomic mass is 16.3. The van der Waals surface area contributed by atoms with Crippen LogP contribution in [0.25, 0.3) is 0 Å². The molecule has 0 fully saturated rings. The van der Waals surface area contributed by atoms with Crippen LogP contribution in [0.3, 0.4) is 0 Å². The molecule has 0 bridgehead atoms. The van der Waals surface area contributed by atoms with Crippen molar-refractivity contribution < 1.29 is 25.2 Å². The molecule has 0 radical (unpaired) electrons. The quantitative estimate of drug-likeness (QED) is 0.0309. The third-order valence-electron chi connectivity index (χ3n) is 12.6. The molecule has 1 amide bonds. The molecule has 4 atom stereocenters. The molecule has 6 nitrogen and oxygen atoms in total. The molecule has 5 N–H and O–H groups in total. The molecule has 0 aromatic heterocycles. The summed E-state index contributed by atoms with van der Waals surface area (Å²) in [5.74, 6) is -0.600. The summed E-state index contributed by atoms with van der Waals surface area (Å²) in [6.07, 6.45) is 60.6. The number of aliphatic hydroxyl groups excluding tert-OH is 4. The Labute approximate surface area is 379 Å². The molecule has 0 spiro atoms. The molecule has 4 unspecified atom stereocenters. The lowest BCUT2D eigenvalue weighted by atomic mass is 10.00. The third-order valence-corrected chi connectivity index (χ3v) is 12.6. The van der Waals surface area contributed by atoms with Crippen molar-refractivity contribution in [3.8, 4) is 0 Å². The van der Waals surface area contributed by atoms with Crippen molar-refractivity contribution in [3.05, 3.63) is 36.5 Å². The Bertz CT molecular complexity index is 966. The first-order valence-electron chi connectivity index (χ1n) is 26.9. The molecular formula is C55H105NO5. The van der Waals surface area contributed by atoms with Crippen molar-refractivity contribution in [2.75, 3.05) is 6.61 Å². The number of unbranched alkanes of at least 4 members (excludes halogenated alkanes) is 34. The Kier molecular flexibility index (Phi) is 48.3. The van der Waals surface area contributed by atoms with Gasteiger partial charge in [0.25, 0.3) is 0 Å². The monoisotopic (exact) mass is 860 g/mol. The van der Waals surface area contributed by atoms with Gasteiger partial charge in [0.2, 0.25) is 5.91 Å². The Morgan fingerprint density at radius 2 is 0.689 bits per heavy atom. The number of aliphatic hydroxyl groups is 4. The minimum atomic E-state index is -1.29. The van der Waals surface area contributed by atoms with Crippen LogP contribution in [0.4, 0.5) is 0 Å². The van der Waals surface area contributed by atoms with Gasteiger partial charge < -0.3 is 25.7 Å². The Morgan fingerprint density at radius 1 is 0.393 bits per heavy atom. The van der Waals surface area contributed by atoms with Crippen molar-refractivity contribution in [2.45, 2.75) is 301 Å². The van der Waals surface area contributed by atoms with E-state index in [9.17, 15) is 25.2 Å². The van der Waals surface area contributed by atoms with Crippen LogP contribution >= 0.6 is 0 Å². The molecule has 0 saturated heterocycles. The first kappa shape index (κ1) is 59.5. The minimum absolute atomic E-state index is 0.353. The molecule has 0 rings (SSSR count). The lowest BCUT2D eigenvalue weighted by molar-refractivity contribution is -0.132. The van der Waals surface area contributed by atoms with Gasteiger partial charge in [-0.25, -0.2) is 0 Å². The van der Waals surface area contributed by atoms with E-state index in [1.54, 1.807) is 0 Å². The number of nitrogens with one attached hydrogen (secondary N) is 1. The van der Waals surface area contributed by atoms with Gasteiger partial charge in [0.05, 0.1) is 18.8 Å². The fourth-order valence-electron chi connectivity index (χ4n) is 8.30. The largest absolute Gasteiger partial charge is 0.394 e. The predicted octanol–water partition coefficient (Wildman–Crippen LogP) is 15.2. The van der Waals surface area contributed by atoms with E-state index < -0.39 is 36.9 Å². The van der Waals surface area contributed by atoms with Gasteiger partial charge in [0.15, 0.2) is 0 Å². The molecule has 0 aliphatic rings. The maximum absolute atomic E-state index is 12.6. The standard InChI is InChI=1S/C55H105NO5/c1-3-5-7-9-11-13-15-17-19-21-23-25-26-27-28-29-31-32-34-36-38-40-42-44-46-48-52(58)54(60)51(50-57)56-55(61)53(59)49-47-45-43-41-39-37-35-33-30-24-22-20-18-16-14-12-10-8-6-4-2/h30,32-34,40,42,51-54,57-60H,3-29,31,35-39,41,43-50H2,1-2H3,(H,56,61)/b33-30-,34-32+,42-40+. The van der Waals surface area contributed by atoms with E-state index in [2.05, 4.69) is 55.6 Å². The predicted molar refractivity (Wildman–Crippen MR) is 265 cm³/mol. The zero-order chi connectivity index (χ0) is 44.5.